The van der Waals surface area contributed by atoms with Gasteiger partial charge in [-0.05, 0) is 42.6 Å². The van der Waals surface area contributed by atoms with Gasteiger partial charge in [0.05, 0.1) is 12.8 Å². The molecule has 0 aliphatic rings. The molecular formula is C16H14N2O2S2. The number of nitrogens with zero attached hydrogens (tertiary/aromatic N) is 1. The van der Waals surface area contributed by atoms with Crippen LogP contribution in [0.5, 0.6) is 5.75 Å². The Balaban J connectivity index is 1.80. The van der Waals surface area contributed by atoms with Crippen LogP contribution in [0, 0.1) is 6.92 Å². The predicted octanol–water partition coefficient (Wildman–Crippen LogP) is 4.44. The van der Waals surface area contributed by atoms with Crippen molar-refractivity contribution in [1.82, 2.24) is 4.98 Å². The highest BCUT2D eigenvalue weighted by Gasteiger charge is 2.16. The molecule has 0 radical (unpaired) electrons. The van der Waals surface area contributed by atoms with Crippen LogP contribution in [0.3, 0.4) is 0 Å². The molecule has 2 aromatic heterocycles. The molecule has 0 aliphatic heterocycles. The van der Waals surface area contributed by atoms with Gasteiger partial charge in [-0.1, -0.05) is 0 Å². The van der Waals surface area contributed by atoms with Crippen LogP contribution in [0.1, 0.15) is 15.4 Å². The highest BCUT2D eigenvalue weighted by atomic mass is 32.1. The molecule has 0 saturated heterocycles. The molecule has 2 heterocycles. The van der Waals surface area contributed by atoms with E-state index in [4.69, 9.17) is 4.74 Å². The van der Waals surface area contributed by atoms with E-state index in [2.05, 4.69) is 10.3 Å². The standard InChI is InChI=1S/C16H14N2O2S2/c1-10-14(22-16(17-10)11-7-8-21-9-11)15(19)18-12-3-5-13(20-2)6-4-12/h3-9H,1-2H3,(H,18,19). The molecule has 0 bridgehead atoms. The van der Waals surface area contributed by atoms with Gasteiger partial charge in [0.15, 0.2) is 0 Å². The van der Waals surface area contributed by atoms with Crippen molar-refractivity contribution in [3.63, 3.8) is 0 Å². The molecule has 1 amide bonds. The number of hydrogen-bond acceptors (Lipinski definition) is 5. The Morgan fingerprint density at radius 2 is 2.00 bits per heavy atom. The zero-order chi connectivity index (χ0) is 15.5. The molecule has 6 heteroatoms. The number of carbonyl (C=O) groups is 1. The average Bonchev–Trinajstić information content (AvgIpc) is 3.17. The highest BCUT2D eigenvalue weighted by molar-refractivity contribution is 7.17. The average molecular weight is 330 g/mol. The maximum atomic E-state index is 12.4. The summed E-state index contributed by atoms with van der Waals surface area (Å²) in [7, 11) is 1.61. The minimum absolute atomic E-state index is 0.137. The van der Waals surface area contributed by atoms with Crippen LogP contribution in [0.15, 0.2) is 41.1 Å². The second-order valence-electron chi connectivity index (χ2n) is 4.63. The van der Waals surface area contributed by atoms with Gasteiger partial charge in [-0.15, -0.1) is 11.3 Å². The van der Waals surface area contributed by atoms with Crippen LogP contribution in [0.4, 0.5) is 5.69 Å². The summed E-state index contributed by atoms with van der Waals surface area (Å²) in [6, 6.07) is 9.26. The number of thiazole rings is 1. The highest BCUT2D eigenvalue weighted by Crippen LogP contribution is 2.30. The van der Waals surface area contributed by atoms with Crippen molar-refractivity contribution in [2.75, 3.05) is 12.4 Å². The summed E-state index contributed by atoms with van der Waals surface area (Å²) in [5.41, 5.74) is 2.54. The Labute approximate surface area is 136 Å². The second-order valence-corrected chi connectivity index (χ2v) is 6.41. The van der Waals surface area contributed by atoms with E-state index >= 15 is 0 Å². The van der Waals surface area contributed by atoms with E-state index in [1.165, 1.54) is 11.3 Å². The summed E-state index contributed by atoms with van der Waals surface area (Å²) in [6.07, 6.45) is 0. The lowest BCUT2D eigenvalue weighted by atomic mass is 10.3. The van der Waals surface area contributed by atoms with Gasteiger partial charge in [0.2, 0.25) is 0 Å². The number of hydrogen-bond donors (Lipinski definition) is 1. The molecule has 1 aromatic carbocycles. The third-order valence-corrected chi connectivity index (χ3v) is 5.01. The summed E-state index contributed by atoms with van der Waals surface area (Å²) < 4.78 is 5.10. The number of aryl methyl sites for hydroxylation is 1. The molecule has 1 N–H and O–H groups in total. The number of amides is 1. The van der Waals surface area contributed by atoms with Crippen LogP contribution < -0.4 is 10.1 Å². The monoisotopic (exact) mass is 330 g/mol. The van der Waals surface area contributed by atoms with Crippen LogP contribution >= 0.6 is 22.7 Å². The minimum Gasteiger partial charge on any atom is -0.497 e. The zero-order valence-electron chi connectivity index (χ0n) is 12.1. The quantitative estimate of drug-likeness (QED) is 0.769. The van der Waals surface area contributed by atoms with Gasteiger partial charge in [-0.25, -0.2) is 4.98 Å². The molecule has 3 rings (SSSR count). The Kier molecular flexibility index (Phi) is 4.22. The predicted molar refractivity (Wildman–Crippen MR) is 91.1 cm³/mol. The van der Waals surface area contributed by atoms with Crippen LogP contribution in [-0.2, 0) is 0 Å². The van der Waals surface area contributed by atoms with E-state index < -0.39 is 0 Å². The third-order valence-electron chi connectivity index (χ3n) is 3.12. The van der Waals surface area contributed by atoms with Crippen molar-refractivity contribution in [3.8, 4) is 16.3 Å². The first-order valence-electron chi connectivity index (χ1n) is 6.63. The number of carbonyl (C=O) groups excluding carboxylic acids is 1. The third kappa shape index (κ3) is 3.03. The topological polar surface area (TPSA) is 51.2 Å². The fraction of sp³-hybridized carbons (Fsp3) is 0.125. The van der Waals surface area contributed by atoms with Crippen LogP contribution in [0.25, 0.3) is 10.6 Å². The fourth-order valence-corrected chi connectivity index (χ4v) is 3.65. The normalized spacial score (nSPS) is 10.5. The molecule has 3 aromatic rings. The number of anilines is 1. The lowest BCUT2D eigenvalue weighted by molar-refractivity contribution is 0.103. The van der Waals surface area contributed by atoms with Gasteiger partial charge in [-0.2, -0.15) is 11.3 Å². The molecule has 22 heavy (non-hydrogen) atoms. The van der Waals surface area contributed by atoms with E-state index in [9.17, 15) is 4.79 Å². The molecule has 0 aliphatic carbocycles. The lowest BCUT2D eigenvalue weighted by Crippen LogP contribution is -2.11. The molecule has 0 saturated carbocycles. The van der Waals surface area contributed by atoms with E-state index in [0.717, 1.165) is 27.7 Å². The molecule has 0 unspecified atom stereocenters. The number of nitrogens with one attached hydrogen (secondary N) is 1. The maximum absolute atomic E-state index is 12.4. The van der Waals surface area contributed by atoms with E-state index in [-0.39, 0.29) is 5.91 Å². The first-order valence-corrected chi connectivity index (χ1v) is 8.38. The van der Waals surface area contributed by atoms with Crippen molar-refractivity contribution >= 4 is 34.3 Å². The number of thiophene rings is 1. The van der Waals surface area contributed by atoms with Crippen molar-refractivity contribution < 1.29 is 9.53 Å². The van der Waals surface area contributed by atoms with E-state index in [0.29, 0.717) is 4.88 Å². The molecule has 0 fully saturated rings. The molecule has 0 spiro atoms. The van der Waals surface area contributed by atoms with E-state index in [1.54, 1.807) is 18.4 Å². The molecule has 0 atom stereocenters. The maximum Gasteiger partial charge on any atom is 0.267 e. The van der Waals surface area contributed by atoms with Crippen molar-refractivity contribution in [1.29, 1.82) is 0 Å². The summed E-state index contributed by atoms with van der Waals surface area (Å²) in [4.78, 5) is 17.5. The lowest BCUT2D eigenvalue weighted by Gasteiger charge is -2.05. The molecule has 4 nitrogen and oxygen atoms in total. The Morgan fingerprint density at radius 3 is 2.64 bits per heavy atom. The largest absolute Gasteiger partial charge is 0.497 e. The number of ether oxygens (including phenoxy) is 1. The fourth-order valence-electron chi connectivity index (χ4n) is 1.98. The van der Waals surface area contributed by atoms with Gasteiger partial charge in [0, 0.05) is 16.6 Å². The SMILES string of the molecule is COc1ccc(NC(=O)c2sc(-c3ccsc3)nc2C)cc1. The van der Waals surface area contributed by atoms with E-state index in [1.807, 2.05) is 48.0 Å². The van der Waals surface area contributed by atoms with Crippen LogP contribution in [-0.4, -0.2) is 18.0 Å². The van der Waals surface area contributed by atoms with Crippen molar-refractivity contribution in [2.24, 2.45) is 0 Å². The molecular weight excluding hydrogens is 316 g/mol. The smallest absolute Gasteiger partial charge is 0.267 e. The van der Waals surface area contributed by atoms with Crippen molar-refractivity contribution in [2.45, 2.75) is 6.92 Å². The van der Waals surface area contributed by atoms with Gasteiger partial charge < -0.3 is 10.1 Å². The number of methoxy groups -OCH3 is 1. The van der Waals surface area contributed by atoms with Crippen molar-refractivity contribution in [3.05, 3.63) is 51.7 Å². The summed E-state index contributed by atoms with van der Waals surface area (Å²) in [5, 5.41) is 7.80. The zero-order valence-corrected chi connectivity index (χ0v) is 13.8. The minimum atomic E-state index is -0.137. The Morgan fingerprint density at radius 1 is 1.23 bits per heavy atom. The first-order chi connectivity index (χ1) is 10.7. The van der Waals surface area contributed by atoms with Gasteiger partial charge in [0.25, 0.3) is 5.91 Å². The summed E-state index contributed by atoms with van der Waals surface area (Å²) in [5.74, 6) is 0.619. The number of benzene rings is 1. The Bertz CT molecular complexity index is 777. The number of rotatable bonds is 4. The summed E-state index contributed by atoms with van der Waals surface area (Å²) in [6.45, 7) is 1.86. The van der Waals surface area contributed by atoms with Gasteiger partial charge in [-0.3, -0.25) is 4.79 Å². The molecule has 112 valence electrons. The van der Waals surface area contributed by atoms with Crippen LogP contribution in [0.2, 0.25) is 0 Å². The first kappa shape index (κ1) is 14.7. The van der Waals surface area contributed by atoms with Gasteiger partial charge in [0.1, 0.15) is 15.6 Å². The Hall–Kier alpha value is -2.18. The van der Waals surface area contributed by atoms with Gasteiger partial charge >= 0.3 is 0 Å². The summed E-state index contributed by atoms with van der Waals surface area (Å²) >= 11 is 3.03. The second kappa shape index (κ2) is 6.29. The number of aromatic nitrogens is 1.